The molecule has 0 N–H and O–H groups in total. The van der Waals surface area contributed by atoms with E-state index in [-0.39, 0.29) is 0 Å². The molecule has 0 bridgehead atoms. The second-order valence-corrected chi connectivity index (χ2v) is 7.65. The van der Waals surface area contributed by atoms with Crippen LogP contribution in [0.15, 0.2) is 12.4 Å². The van der Waals surface area contributed by atoms with Crippen LogP contribution in [-0.2, 0) is 10.0 Å². The summed E-state index contributed by atoms with van der Waals surface area (Å²) in [5.74, 6) is 1.07. The van der Waals surface area contributed by atoms with Crippen LogP contribution < -0.4 is 4.90 Å². The maximum Gasteiger partial charge on any atom is 0.225 e. The molecule has 1 atom stereocenters. The zero-order chi connectivity index (χ0) is 14.8. The van der Waals surface area contributed by atoms with E-state index < -0.39 is 10.0 Å². The van der Waals surface area contributed by atoms with Crippen molar-refractivity contribution in [2.45, 2.75) is 19.8 Å². The zero-order valence-corrected chi connectivity index (χ0v) is 13.1. The molecule has 6 nitrogen and oxygen atoms in total. The third-order valence-electron chi connectivity index (χ3n) is 3.65. The van der Waals surface area contributed by atoms with E-state index in [0.29, 0.717) is 12.5 Å². The fourth-order valence-corrected chi connectivity index (χ4v) is 2.93. The molecule has 2 heterocycles. The SMILES string of the molecule is Cc1cnc(N2CCCC(CN(C)S(C)(=O)=O)C2)nc1. The molecular weight excluding hydrogens is 276 g/mol. The predicted molar refractivity (Wildman–Crippen MR) is 79.2 cm³/mol. The van der Waals surface area contributed by atoms with E-state index in [9.17, 15) is 8.42 Å². The summed E-state index contributed by atoms with van der Waals surface area (Å²) < 4.78 is 24.4. The average molecular weight is 298 g/mol. The van der Waals surface area contributed by atoms with Crippen LogP contribution in [0.25, 0.3) is 0 Å². The second-order valence-electron chi connectivity index (χ2n) is 5.56. The van der Waals surface area contributed by atoms with Gasteiger partial charge in [-0.2, -0.15) is 0 Å². The molecule has 1 unspecified atom stereocenters. The molecular formula is C13H22N4O2S. The molecule has 1 aliphatic heterocycles. The Morgan fingerprint density at radius 3 is 2.65 bits per heavy atom. The Labute approximate surface area is 120 Å². The van der Waals surface area contributed by atoms with Gasteiger partial charge in [0.25, 0.3) is 0 Å². The number of hydrogen-bond donors (Lipinski definition) is 0. The van der Waals surface area contributed by atoms with E-state index in [1.54, 1.807) is 7.05 Å². The number of rotatable bonds is 4. The van der Waals surface area contributed by atoms with Gasteiger partial charge in [0.05, 0.1) is 6.26 Å². The first-order valence-corrected chi connectivity index (χ1v) is 8.66. The molecule has 0 saturated carbocycles. The van der Waals surface area contributed by atoms with Crippen molar-refractivity contribution in [1.29, 1.82) is 0 Å². The van der Waals surface area contributed by atoms with E-state index >= 15 is 0 Å². The number of nitrogens with zero attached hydrogens (tertiary/aromatic N) is 4. The van der Waals surface area contributed by atoms with Crippen molar-refractivity contribution >= 4 is 16.0 Å². The zero-order valence-electron chi connectivity index (χ0n) is 12.3. The lowest BCUT2D eigenvalue weighted by atomic mass is 9.98. The van der Waals surface area contributed by atoms with Crippen LogP contribution in [0.4, 0.5) is 5.95 Å². The van der Waals surface area contributed by atoms with Crippen LogP contribution in [0.2, 0.25) is 0 Å². The van der Waals surface area contributed by atoms with E-state index in [0.717, 1.165) is 37.4 Å². The minimum absolute atomic E-state index is 0.327. The van der Waals surface area contributed by atoms with Gasteiger partial charge in [-0.05, 0) is 31.2 Å². The predicted octanol–water partition coefficient (Wildman–Crippen LogP) is 0.893. The van der Waals surface area contributed by atoms with E-state index in [2.05, 4.69) is 14.9 Å². The van der Waals surface area contributed by atoms with E-state index in [4.69, 9.17) is 0 Å². The van der Waals surface area contributed by atoms with Crippen molar-refractivity contribution in [3.63, 3.8) is 0 Å². The minimum Gasteiger partial charge on any atom is -0.341 e. The van der Waals surface area contributed by atoms with Crippen LogP contribution in [0.3, 0.4) is 0 Å². The standard InChI is InChI=1S/C13H22N4O2S/c1-11-7-14-13(15-8-11)17-6-4-5-12(10-17)9-16(2)20(3,18)19/h7-8,12H,4-6,9-10H2,1-3H3. The molecule has 112 valence electrons. The maximum absolute atomic E-state index is 11.5. The summed E-state index contributed by atoms with van der Waals surface area (Å²) in [6, 6.07) is 0. The molecule has 2 rings (SSSR count). The van der Waals surface area contributed by atoms with Gasteiger partial charge in [-0.3, -0.25) is 0 Å². The van der Waals surface area contributed by atoms with Crippen molar-refractivity contribution in [1.82, 2.24) is 14.3 Å². The smallest absolute Gasteiger partial charge is 0.225 e. The molecule has 0 amide bonds. The van der Waals surface area contributed by atoms with Crippen LogP contribution in [0.5, 0.6) is 0 Å². The molecule has 1 aromatic heterocycles. The Kier molecular flexibility index (Phi) is 4.59. The third-order valence-corrected chi connectivity index (χ3v) is 4.93. The fourth-order valence-electron chi connectivity index (χ4n) is 2.44. The first kappa shape index (κ1) is 15.2. The quantitative estimate of drug-likeness (QED) is 0.826. The molecule has 0 aromatic carbocycles. The highest BCUT2D eigenvalue weighted by Crippen LogP contribution is 2.21. The van der Waals surface area contributed by atoms with Gasteiger partial charge in [-0.1, -0.05) is 0 Å². The van der Waals surface area contributed by atoms with Gasteiger partial charge in [0, 0.05) is 39.1 Å². The highest BCUT2D eigenvalue weighted by Gasteiger charge is 2.24. The fraction of sp³-hybridized carbons (Fsp3) is 0.692. The lowest BCUT2D eigenvalue weighted by molar-refractivity contribution is 0.335. The number of anilines is 1. The molecule has 1 aliphatic rings. The summed E-state index contributed by atoms with van der Waals surface area (Å²) in [5.41, 5.74) is 1.04. The van der Waals surface area contributed by atoms with Gasteiger partial charge < -0.3 is 4.90 Å². The van der Waals surface area contributed by atoms with Crippen molar-refractivity contribution in [2.24, 2.45) is 5.92 Å². The van der Waals surface area contributed by atoms with E-state index in [1.807, 2.05) is 19.3 Å². The number of hydrogen-bond acceptors (Lipinski definition) is 5. The molecule has 0 aliphatic carbocycles. The van der Waals surface area contributed by atoms with Crippen molar-refractivity contribution in [3.8, 4) is 0 Å². The minimum atomic E-state index is -3.11. The first-order valence-electron chi connectivity index (χ1n) is 6.81. The lowest BCUT2D eigenvalue weighted by Gasteiger charge is -2.34. The largest absolute Gasteiger partial charge is 0.341 e. The topological polar surface area (TPSA) is 66.4 Å². The molecule has 20 heavy (non-hydrogen) atoms. The lowest BCUT2D eigenvalue weighted by Crippen LogP contribution is -2.42. The normalized spacial score (nSPS) is 20.4. The molecule has 1 fully saturated rings. The first-order chi connectivity index (χ1) is 9.36. The van der Waals surface area contributed by atoms with Crippen molar-refractivity contribution in [3.05, 3.63) is 18.0 Å². The average Bonchev–Trinajstić information content (AvgIpc) is 2.39. The summed E-state index contributed by atoms with van der Waals surface area (Å²) in [6.07, 6.45) is 6.96. The Morgan fingerprint density at radius 2 is 2.05 bits per heavy atom. The van der Waals surface area contributed by atoms with Crippen LogP contribution in [-0.4, -0.2) is 55.6 Å². The molecule has 7 heteroatoms. The number of piperidine rings is 1. The maximum atomic E-state index is 11.5. The van der Waals surface area contributed by atoms with Crippen molar-refractivity contribution in [2.75, 3.05) is 37.8 Å². The number of aromatic nitrogens is 2. The van der Waals surface area contributed by atoms with Crippen LogP contribution in [0, 0.1) is 12.8 Å². The summed E-state index contributed by atoms with van der Waals surface area (Å²) in [7, 11) is -1.47. The number of aryl methyl sites for hydroxylation is 1. The third kappa shape index (κ3) is 3.89. The summed E-state index contributed by atoms with van der Waals surface area (Å²) >= 11 is 0. The van der Waals surface area contributed by atoms with E-state index in [1.165, 1.54) is 10.6 Å². The van der Waals surface area contributed by atoms with Gasteiger partial charge in [0.2, 0.25) is 16.0 Å². The summed E-state index contributed by atoms with van der Waals surface area (Å²) in [4.78, 5) is 10.8. The Hall–Kier alpha value is -1.21. The van der Waals surface area contributed by atoms with Crippen molar-refractivity contribution < 1.29 is 8.42 Å². The summed E-state index contributed by atoms with van der Waals surface area (Å²) in [6.45, 7) is 4.26. The monoisotopic (exact) mass is 298 g/mol. The van der Waals surface area contributed by atoms with Crippen LogP contribution in [0.1, 0.15) is 18.4 Å². The van der Waals surface area contributed by atoms with Gasteiger partial charge in [-0.25, -0.2) is 22.7 Å². The molecule has 0 spiro atoms. The highest BCUT2D eigenvalue weighted by atomic mass is 32.2. The van der Waals surface area contributed by atoms with Gasteiger partial charge >= 0.3 is 0 Å². The Balaban J connectivity index is 2.00. The van der Waals surface area contributed by atoms with Gasteiger partial charge in [0.1, 0.15) is 0 Å². The molecule has 0 radical (unpaired) electrons. The highest BCUT2D eigenvalue weighted by molar-refractivity contribution is 7.88. The molecule has 1 aromatic rings. The second kappa shape index (κ2) is 6.05. The Bertz CT molecular complexity index is 544. The van der Waals surface area contributed by atoms with Crippen LogP contribution >= 0.6 is 0 Å². The van der Waals surface area contributed by atoms with Gasteiger partial charge in [0.15, 0.2) is 0 Å². The summed E-state index contributed by atoms with van der Waals surface area (Å²) in [5, 5.41) is 0. The van der Waals surface area contributed by atoms with Gasteiger partial charge in [-0.15, -0.1) is 0 Å². The molecule has 1 saturated heterocycles. The number of sulfonamides is 1. The Morgan fingerprint density at radius 1 is 1.40 bits per heavy atom.